The predicted molar refractivity (Wildman–Crippen MR) is 172 cm³/mol. The first-order valence-corrected chi connectivity index (χ1v) is 17.2. The number of hydroxylamine groups is 6. The van der Waals surface area contributed by atoms with Crippen LogP contribution in [-0.4, -0.2) is 50.6 Å². The van der Waals surface area contributed by atoms with Crippen LogP contribution in [0.25, 0.3) is 0 Å². The van der Waals surface area contributed by atoms with Crippen LogP contribution in [-0.2, 0) is 0 Å². The minimum Gasteiger partial charge on any atom is -0.633 e. The van der Waals surface area contributed by atoms with Gasteiger partial charge in [0.2, 0.25) is 0 Å². The van der Waals surface area contributed by atoms with Crippen LogP contribution in [0.5, 0.6) is 0 Å². The van der Waals surface area contributed by atoms with Crippen molar-refractivity contribution in [1.82, 2.24) is 0 Å². The molecule has 0 saturated carbocycles. The Balaban J connectivity index is 0. The van der Waals surface area contributed by atoms with Gasteiger partial charge in [-0.2, -0.15) is 0 Å². The summed E-state index contributed by atoms with van der Waals surface area (Å²) in [5.74, 6) is 0. The van der Waals surface area contributed by atoms with Crippen molar-refractivity contribution in [2.45, 2.75) is 181 Å². The first kappa shape index (κ1) is 40.0. The monoisotopic (exact) mass is 543 g/mol. The molecule has 0 atom stereocenters. The Bertz CT molecular complexity index is 429. The summed E-state index contributed by atoms with van der Waals surface area (Å²) in [7, 11) is 6.95. The van der Waals surface area contributed by atoms with E-state index in [0.29, 0.717) is 0 Å². The Hall–Kier alpha value is -0.160. The first-order chi connectivity index (χ1) is 18.1. The van der Waals surface area contributed by atoms with Crippen LogP contribution >= 0.6 is 0 Å². The van der Waals surface area contributed by atoms with Gasteiger partial charge in [0.15, 0.2) is 0 Å². The molecule has 0 spiro atoms. The van der Waals surface area contributed by atoms with Gasteiger partial charge in [0.25, 0.3) is 0 Å². The first-order valence-electron chi connectivity index (χ1n) is 17.2. The highest BCUT2D eigenvalue weighted by Crippen LogP contribution is 2.14. The molecule has 0 aromatic carbocycles. The molecule has 0 heterocycles. The van der Waals surface area contributed by atoms with E-state index in [2.05, 4.69) is 13.8 Å². The van der Waals surface area contributed by atoms with Crippen molar-refractivity contribution < 1.29 is 9.29 Å². The van der Waals surface area contributed by atoms with Crippen LogP contribution in [0.15, 0.2) is 0 Å². The summed E-state index contributed by atoms with van der Waals surface area (Å²) < 4.78 is -0.254. The quantitative estimate of drug-likeness (QED) is 0.0560. The molecule has 38 heavy (non-hydrogen) atoms. The van der Waals surface area contributed by atoms with E-state index in [1.54, 1.807) is 28.2 Å². The van der Waals surface area contributed by atoms with Crippen LogP contribution in [0.2, 0.25) is 0 Å². The molecule has 0 aliphatic heterocycles. The minimum atomic E-state index is -0.127. The van der Waals surface area contributed by atoms with Gasteiger partial charge in [-0.3, -0.25) is 0 Å². The van der Waals surface area contributed by atoms with Gasteiger partial charge in [-0.05, 0) is 25.7 Å². The maximum absolute atomic E-state index is 11.4. The van der Waals surface area contributed by atoms with Crippen molar-refractivity contribution in [3.63, 3.8) is 0 Å². The Morgan fingerprint density at radius 2 is 0.447 bits per heavy atom. The third kappa shape index (κ3) is 42.9. The molecule has 232 valence electrons. The lowest BCUT2D eigenvalue weighted by molar-refractivity contribution is -0.840. The standard InChI is InChI=1S/C18H39NO.C16H35NO/c1-4-5-6-7-8-9-10-11-12-13-14-15-16-17-18-19(2,3)20;1-4-5-6-7-8-9-10-11-12-13-14-15-16-17(2,3)18/h4-18H2,1-3H3;4-16H2,1-3H3. The number of hydrogen-bond donors (Lipinski definition) is 0. The second-order valence-corrected chi connectivity index (χ2v) is 13.1. The van der Waals surface area contributed by atoms with Gasteiger partial charge in [0.1, 0.15) is 0 Å². The fourth-order valence-corrected chi connectivity index (χ4v) is 5.02. The van der Waals surface area contributed by atoms with Crippen molar-refractivity contribution in [2.24, 2.45) is 0 Å². The molecule has 0 saturated heterocycles. The Labute approximate surface area is 241 Å². The van der Waals surface area contributed by atoms with E-state index in [4.69, 9.17) is 0 Å². The SMILES string of the molecule is CCCCCCCCCCCCCCCC[N+](C)(C)[O-].CCCCCCCCCCCCCC[N+](C)(C)[O-]. The van der Waals surface area contributed by atoms with Gasteiger partial charge in [0.05, 0.1) is 41.3 Å². The maximum atomic E-state index is 11.4. The number of rotatable bonds is 28. The van der Waals surface area contributed by atoms with E-state index in [1.807, 2.05) is 0 Å². The Morgan fingerprint density at radius 1 is 0.289 bits per heavy atom. The number of nitrogens with zero attached hydrogens (tertiary/aromatic N) is 2. The van der Waals surface area contributed by atoms with E-state index in [9.17, 15) is 10.4 Å². The van der Waals surface area contributed by atoms with Gasteiger partial charge < -0.3 is 19.7 Å². The van der Waals surface area contributed by atoms with Gasteiger partial charge >= 0.3 is 0 Å². The smallest absolute Gasteiger partial charge is 0.0779 e. The molecule has 4 nitrogen and oxygen atoms in total. The van der Waals surface area contributed by atoms with Gasteiger partial charge in [-0.25, -0.2) is 0 Å². The predicted octanol–water partition coefficient (Wildman–Crippen LogP) is 11.3. The summed E-state index contributed by atoms with van der Waals surface area (Å²) in [4.78, 5) is 0. The second-order valence-electron chi connectivity index (χ2n) is 13.1. The largest absolute Gasteiger partial charge is 0.633 e. The topological polar surface area (TPSA) is 46.1 Å². The third-order valence-electron chi connectivity index (χ3n) is 7.60. The summed E-state index contributed by atoms with van der Waals surface area (Å²) in [5.41, 5.74) is 0. The molecule has 0 aromatic heterocycles. The van der Waals surface area contributed by atoms with E-state index < -0.39 is 0 Å². The molecule has 0 aromatic rings. The zero-order valence-electron chi connectivity index (χ0n) is 27.5. The van der Waals surface area contributed by atoms with Crippen molar-refractivity contribution in [3.05, 3.63) is 10.4 Å². The van der Waals surface area contributed by atoms with Crippen molar-refractivity contribution in [3.8, 4) is 0 Å². The Kier molecular flexibility index (Phi) is 31.4. The molecule has 0 N–H and O–H groups in total. The molecule has 0 unspecified atom stereocenters. The molecule has 0 fully saturated rings. The Morgan fingerprint density at radius 3 is 0.605 bits per heavy atom. The second kappa shape index (κ2) is 29.8. The van der Waals surface area contributed by atoms with E-state index in [1.165, 1.54) is 154 Å². The van der Waals surface area contributed by atoms with Crippen molar-refractivity contribution in [1.29, 1.82) is 0 Å². The molecule has 0 aliphatic rings. The minimum absolute atomic E-state index is 0.127. The maximum Gasteiger partial charge on any atom is 0.0779 e. The van der Waals surface area contributed by atoms with Gasteiger partial charge in [0, 0.05) is 0 Å². The summed E-state index contributed by atoms with van der Waals surface area (Å²) in [6.07, 6.45) is 35.5. The average Bonchev–Trinajstić information content (AvgIpc) is 2.84. The molecule has 0 bridgehead atoms. The molecular formula is C34H74N2O2. The zero-order chi connectivity index (χ0) is 28.8. The van der Waals surface area contributed by atoms with Crippen LogP contribution in [0, 0.1) is 10.4 Å². The van der Waals surface area contributed by atoms with Crippen LogP contribution in [0.1, 0.15) is 181 Å². The lowest BCUT2D eigenvalue weighted by Gasteiger charge is -2.33. The summed E-state index contributed by atoms with van der Waals surface area (Å²) in [6.45, 7) is 6.10. The van der Waals surface area contributed by atoms with E-state index in [-0.39, 0.29) is 9.29 Å². The molecule has 4 heteroatoms. The van der Waals surface area contributed by atoms with Gasteiger partial charge in [-0.1, -0.05) is 155 Å². The fraction of sp³-hybridized carbons (Fsp3) is 1.00. The fourth-order valence-electron chi connectivity index (χ4n) is 5.02. The molecule has 0 aliphatic carbocycles. The summed E-state index contributed by atoms with van der Waals surface area (Å²) in [5, 5.41) is 22.7. The average molecular weight is 543 g/mol. The van der Waals surface area contributed by atoms with Gasteiger partial charge in [-0.15, -0.1) is 0 Å². The highest BCUT2D eigenvalue weighted by molar-refractivity contribution is 4.50. The summed E-state index contributed by atoms with van der Waals surface area (Å²) >= 11 is 0. The molecule has 0 amide bonds. The number of quaternary nitrogens is 2. The number of unbranched alkanes of at least 4 members (excludes halogenated alkanes) is 24. The molecular weight excluding hydrogens is 468 g/mol. The van der Waals surface area contributed by atoms with Crippen LogP contribution < -0.4 is 0 Å². The zero-order valence-corrected chi connectivity index (χ0v) is 27.5. The normalized spacial score (nSPS) is 12.0. The number of hydrogen-bond acceptors (Lipinski definition) is 2. The van der Waals surface area contributed by atoms with E-state index in [0.717, 1.165) is 25.9 Å². The van der Waals surface area contributed by atoms with Crippen LogP contribution in [0.3, 0.4) is 0 Å². The van der Waals surface area contributed by atoms with Crippen molar-refractivity contribution >= 4 is 0 Å². The lowest BCUT2D eigenvalue weighted by Crippen LogP contribution is -2.32. The van der Waals surface area contributed by atoms with Crippen LogP contribution in [0.4, 0.5) is 0 Å². The lowest BCUT2D eigenvalue weighted by atomic mass is 10.0. The molecule has 0 radical (unpaired) electrons. The van der Waals surface area contributed by atoms with E-state index >= 15 is 0 Å². The summed E-state index contributed by atoms with van der Waals surface area (Å²) in [6, 6.07) is 0. The third-order valence-corrected chi connectivity index (χ3v) is 7.60. The molecule has 0 rings (SSSR count). The highest BCUT2D eigenvalue weighted by Gasteiger charge is 2.01. The van der Waals surface area contributed by atoms with Crippen molar-refractivity contribution in [2.75, 3.05) is 41.3 Å². The highest BCUT2D eigenvalue weighted by atomic mass is 16.5.